The topological polar surface area (TPSA) is 55.3 Å². The van der Waals surface area contributed by atoms with Crippen molar-refractivity contribution >= 4 is 17.7 Å². The second-order valence-electron chi connectivity index (χ2n) is 6.12. The van der Waals surface area contributed by atoms with Gasteiger partial charge in [-0.2, -0.15) is 0 Å². The molecular weight excluding hydrogens is 278 g/mol. The van der Waals surface area contributed by atoms with Crippen molar-refractivity contribution in [1.29, 1.82) is 0 Å². The van der Waals surface area contributed by atoms with Crippen LogP contribution in [0.1, 0.15) is 32.9 Å². The molecule has 0 aliphatic carbocycles. The van der Waals surface area contributed by atoms with Crippen molar-refractivity contribution < 1.29 is 9.53 Å². The predicted octanol–water partition coefficient (Wildman–Crippen LogP) is 2.93. The smallest absolute Gasteiger partial charge is 0.410 e. The van der Waals surface area contributed by atoms with Crippen molar-refractivity contribution in [2.75, 3.05) is 13.1 Å². The molecule has 1 fully saturated rings. The molecule has 1 saturated heterocycles. The number of nitrogens with zero attached hydrogens (tertiary/aromatic N) is 3. The monoisotopic (exact) mass is 297 g/mol. The van der Waals surface area contributed by atoms with Crippen molar-refractivity contribution in [2.24, 2.45) is 5.92 Å². The number of rotatable bonds is 2. The van der Waals surface area contributed by atoms with Crippen LogP contribution in [0.15, 0.2) is 12.4 Å². The van der Waals surface area contributed by atoms with Crippen LogP contribution >= 0.6 is 11.6 Å². The minimum absolute atomic E-state index is 0.239. The lowest BCUT2D eigenvalue weighted by Gasteiger charge is -2.24. The number of hydrogen-bond acceptors (Lipinski definition) is 4. The molecule has 1 amide bonds. The first-order valence-corrected chi connectivity index (χ1v) is 7.15. The summed E-state index contributed by atoms with van der Waals surface area (Å²) >= 11 is 5.82. The fraction of sp³-hybridized carbons (Fsp3) is 0.643. The minimum Gasteiger partial charge on any atom is -0.444 e. The summed E-state index contributed by atoms with van der Waals surface area (Å²) in [6, 6.07) is 0. The third kappa shape index (κ3) is 4.34. The number of halogens is 1. The second kappa shape index (κ2) is 5.95. The zero-order valence-corrected chi connectivity index (χ0v) is 12.9. The number of aromatic nitrogens is 2. The second-order valence-corrected chi connectivity index (χ2v) is 6.51. The third-order valence-electron chi connectivity index (χ3n) is 3.09. The molecule has 2 rings (SSSR count). The van der Waals surface area contributed by atoms with Crippen LogP contribution in [0.25, 0.3) is 0 Å². The van der Waals surface area contributed by atoms with Crippen LogP contribution in [0.4, 0.5) is 4.79 Å². The Morgan fingerprint density at radius 2 is 2.25 bits per heavy atom. The average molecular weight is 298 g/mol. The van der Waals surface area contributed by atoms with Crippen molar-refractivity contribution in [2.45, 2.75) is 39.2 Å². The molecule has 1 aromatic heterocycles. The molecule has 20 heavy (non-hydrogen) atoms. The maximum atomic E-state index is 12.0. The molecule has 6 heteroatoms. The number of likely N-dealkylation sites (tertiary alicyclic amines) is 1. The average Bonchev–Trinajstić information content (AvgIpc) is 2.75. The molecule has 1 unspecified atom stereocenters. The highest BCUT2D eigenvalue weighted by Crippen LogP contribution is 2.22. The summed E-state index contributed by atoms with van der Waals surface area (Å²) in [5, 5.41) is 0.407. The molecule has 0 radical (unpaired) electrons. The number of carbonyl (C=O) groups excluding carboxylic acids is 1. The maximum absolute atomic E-state index is 12.0. The van der Waals surface area contributed by atoms with Gasteiger partial charge < -0.3 is 9.64 Å². The zero-order chi connectivity index (χ0) is 14.8. The van der Waals surface area contributed by atoms with Crippen molar-refractivity contribution in [1.82, 2.24) is 14.9 Å². The lowest BCUT2D eigenvalue weighted by Crippen LogP contribution is -2.35. The van der Waals surface area contributed by atoms with Gasteiger partial charge in [-0.3, -0.25) is 4.98 Å². The van der Waals surface area contributed by atoms with Crippen LogP contribution in [0.3, 0.4) is 0 Å². The fourth-order valence-electron chi connectivity index (χ4n) is 2.27. The summed E-state index contributed by atoms with van der Waals surface area (Å²) < 4.78 is 5.38. The molecule has 0 bridgehead atoms. The quantitative estimate of drug-likeness (QED) is 0.842. The van der Waals surface area contributed by atoms with Gasteiger partial charge in [0.15, 0.2) is 0 Å². The largest absolute Gasteiger partial charge is 0.444 e. The van der Waals surface area contributed by atoms with Crippen LogP contribution < -0.4 is 0 Å². The molecule has 2 heterocycles. The van der Waals surface area contributed by atoms with Crippen LogP contribution in [-0.4, -0.2) is 39.7 Å². The van der Waals surface area contributed by atoms with Gasteiger partial charge in [-0.25, -0.2) is 9.78 Å². The zero-order valence-electron chi connectivity index (χ0n) is 12.1. The van der Waals surface area contributed by atoms with Crippen LogP contribution in [0, 0.1) is 5.92 Å². The van der Waals surface area contributed by atoms with Gasteiger partial charge in [0.1, 0.15) is 10.8 Å². The Balaban J connectivity index is 1.88. The molecule has 0 aromatic carbocycles. The molecule has 1 aromatic rings. The van der Waals surface area contributed by atoms with E-state index in [1.807, 2.05) is 20.8 Å². The third-order valence-corrected chi connectivity index (χ3v) is 3.27. The van der Waals surface area contributed by atoms with E-state index in [0.29, 0.717) is 17.6 Å². The Hall–Kier alpha value is -1.36. The molecule has 0 N–H and O–H groups in total. The van der Waals surface area contributed by atoms with E-state index in [2.05, 4.69) is 9.97 Å². The number of carbonyl (C=O) groups is 1. The molecule has 0 spiro atoms. The van der Waals surface area contributed by atoms with Gasteiger partial charge in [-0.15, -0.1) is 0 Å². The summed E-state index contributed by atoms with van der Waals surface area (Å²) in [5.74, 6) is 0.385. The van der Waals surface area contributed by atoms with E-state index in [0.717, 1.165) is 25.1 Å². The SMILES string of the molecule is CC(C)(C)OC(=O)N1CCC(Cc2cncc(Cl)n2)C1. The molecule has 0 saturated carbocycles. The first kappa shape index (κ1) is 15.0. The fourth-order valence-corrected chi connectivity index (χ4v) is 2.43. The molecule has 1 aliphatic heterocycles. The van der Waals surface area contributed by atoms with Gasteiger partial charge in [0, 0.05) is 19.3 Å². The van der Waals surface area contributed by atoms with Gasteiger partial charge >= 0.3 is 6.09 Å². The lowest BCUT2D eigenvalue weighted by atomic mass is 10.0. The molecule has 5 nitrogen and oxygen atoms in total. The highest BCUT2D eigenvalue weighted by atomic mass is 35.5. The number of amides is 1. The standard InChI is InChI=1S/C14H20ClN3O2/c1-14(2,3)20-13(19)18-5-4-10(9-18)6-11-7-16-8-12(15)17-11/h7-8,10H,4-6,9H2,1-3H3. The molecule has 110 valence electrons. The van der Waals surface area contributed by atoms with Crippen molar-refractivity contribution in [3.8, 4) is 0 Å². The van der Waals surface area contributed by atoms with Crippen molar-refractivity contribution in [3.63, 3.8) is 0 Å². The summed E-state index contributed by atoms with van der Waals surface area (Å²) in [7, 11) is 0. The highest BCUT2D eigenvalue weighted by molar-refractivity contribution is 6.29. The van der Waals surface area contributed by atoms with E-state index in [9.17, 15) is 4.79 Å². The molecular formula is C14H20ClN3O2. The van der Waals surface area contributed by atoms with Gasteiger partial charge in [-0.1, -0.05) is 11.6 Å². The van der Waals surface area contributed by atoms with E-state index in [1.165, 1.54) is 6.20 Å². The number of ether oxygens (including phenoxy) is 1. The molecule has 1 atom stereocenters. The van der Waals surface area contributed by atoms with E-state index in [4.69, 9.17) is 16.3 Å². The van der Waals surface area contributed by atoms with E-state index in [1.54, 1.807) is 11.1 Å². The van der Waals surface area contributed by atoms with Gasteiger partial charge in [0.25, 0.3) is 0 Å². The van der Waals surface area contributed by atoms with Crippen molar-refractivity contribution in [3.05, 3.63) is 23.2 Å². The Kier molecular flexibility index (Phi) is 4.48. The first-order chi connectivity index (χ1) is 9.33. The minimum atomic E-state index is -0.451. The summed E-state index contributed by atoms with van der Waals surface area (Å²) in [4.78, 5) is 22.0. The number of hydrogen-bond donors (Lipinski definition) is 0. The Bertz CT molecular complexity index is 488. The first-order valence-electron chi connectivity index (χ1n) is 6.78. The summed E-state index contributed by atoms with van der Waals surface area (Å²) in [5.41, 5.74) is 0.418. The van der Waals surface area contributed by atoms with Gasteiger partial charge in [-0.05, 0) is 39.5 Å². The maximum Gasteiger partial charge on any atom is 0.410 e. The van der Waals surface area contributed by atoms with Crippen LogP contribution in [-0.2, 0) is 11.2 Å². The van der Waals surface area contributed by atoms with Crippen LogP contribution in [0.2, 0.25) is 5.15 Å². The lowest BCUT2D eigenvalue weighted by molar-refractivity contribution is 0.0288. The van der Waals surface area contributed by atoms with Gasteiger partial charge in [0.2, 0.25) is 0 Å². The van der Waals surface area contributed by atoms with E-state index in [-0.39, 0.29) is 6.09 Å². The Morgan fingerprint density at radius 1 is 1.50 bits per heavy atom. The highest BCUT2D eigenvalue weighted by Gasteiger charge is 2.29. The Morgan fingerprint density at radius 3 is 2.90 bits per heavy atom. The van der Waals surface area contributed by atoms with E-state index < -0.39 is 5.60 Å². The summed E-state index contributed by atoms with van der Waals surface area (Å²) in [6.07, 6.45) is 4.74. The van der Waals surface area contributed by atoms with Gasteiger partial charge in [0.05, 0.1) is 11.9 Å². The summed E-state index contributed by atoms with van der Waals surface area (Å²) in [6.45, 7) is 7.05. The molecule has 1 aliphatic rings. The Labute approximate surface area is 124 Å². The van der Waals surface area contributed by atoms with E-state index >= 15 is 0 Å². The normalized spacial score (nSPS) is 19.2. The predicted molar refractivity (Wildman–Crippen MR) is 76.7 cm³/mol. The van der Waals surface area contributed by atoms with Crippen LogP contribution in [0.5, 0.6) is 0 Å².